The molecule has 0 radical (unpaired) electrons. The minimum absolute atomic E-state index is 0.157. The normalized spacial score (nSPS) is 19.8. The number of likely N-dealkylation sites (N-methyl/N-ethyl adjacent to an activating group) is 1. The average Bonchev–Trinajstić information content (AvgIpc) is 3.04. The summed E-state index contributed by atoms with van der Waals surface area (Å²) in [5.74, 6) is 0.590. The number of carbonyl (C=O) groups excluding carboxylic acids is 1. The van der Waals surface area contributed by atoms with Gasteiger partial charge in [-0.05, 0) is 19.2 Å². The van der Waals surface area contributed by atoms with Crippen LogP contribution in [0.1, 0.15) is 12.8 Å². The molecule has 6 nitrogen and oxygen atoms in total. The third kappa shape index (κ3) is 4.47. The second kappa shape index (κ2) is 7.96. The van der Waals surface area contributed by atoms with Crippen LogP contribution in [0.3, 0.4) is 0 Å². The fourth-order valence-electron chi connectivity index (χ4n) is 3.13. The number of amides is 1. The van der Waals surface area contributed by atoms with E-state index in [4.69, 9.17) is 14.2 Å². The van der Waals surface area contributed by atoms with Gasteiger partial charge in [0.1, 0.15) is 12.4 Å². The Hall–Kier alpha value is -1.63. The van der Waals surface area contributed by atoms with Crippen LogP contribution in [0.5, 0.6) is 5.75 Å². The van der Waals surface area contributed by atoms with Crippen LogP contribution in [0.2, 0.25) is 0 Å². The molecule has 1 spiro atoms. The van der Waals surface area contributed by atoms with Gasteiger partial charge in [-0.2, -0.15) is 0 Å². The number of benzene rings is 1. The van der Waals surface area contributed by atoms with Crippen molar-refractivity contribution in [2.75, 3.05) is 53.0 Å². The number of rotatable bonds is 6. The van der Waals surface area contributed by atoms with Crippen molar-refractivity contribution in [2.24, 2.45) is 0 Å². The van der Waals surface area contributed by atoms with E-state index in [1.54, 1.807) is 0 Å². The van der Waals surface area contributed by atoms with E-state index in [2.05, 4.69) is 0 Å². The summed E-state index contributed by atoms with van der Waals surface area (Å²) in [6.07, 6.45) is 1.53. The SMILES string of the molecule is CN(CCOc1ccccc1)CC(=O)N1CCC2(CC1)OCCO2. The first-order valence-corrected chi connectivity index (χ1v) is 8.59. The van der Waals surface area contributed by atoms with Crippen molar-refractivity contribution in [2.45, 2.75) is 18.6 Å². The number of carbonyl (C=O) groups is 1. The van der Waals surface area contributed by atoms with Gasteiger partial charge in [0.25, 0.3) is 0 Å². The lowest BCUT2D eigenvalue weighted by molar-refractivity contribution is -0.187. The number of hydrogen-bond acceptors (Lipinski definition) is 5. The number of likely N-dealkylation sites (tertiary alicyclic amines) is 1. The molecule has 0 unspecified atom stereocenters. The molecule has 2 heterocycles. The molecule has 24 heavy (non-hydrogen) atoms. The maximum atomic E-state index is 12.4. The first-order valence-electron chi connectivity index (χ1n) is 8.59. The van der Waals surface area contributed by atoms with E-state index >= 15 is 0 Å². The van der Waals surface area contributed by atoms with Crippen LogP contribution >= 0.6 is 0 Å². The molecule has 0 N–H and O–H groups in total. The van der Waals surface area contributed by atoms with Crippen LogP contribution in [0, 0.1) is 0 Å². The predicted molar refractivity (Wildman–Crippen MR) is 89.9 cm³/mol. The lowest BCUT2D eigenvalue weighted by Crippen LogP contribution is -2.49. The van der Waals surface area contributed by atoms with E-state index in [1.165, 1.54) is 0 Å². The van der Waals surface area contributed by atoms with E-state index in [0.717, 1.165) is 18.6 Å². The van der Waals surface area contributed by atoms with Crippen LogP contribution in [-0.2, 0) is 14.3 Å². The highest BCUT2D eigenvalue weighted by Gasteiger charge is 2.40. The van der Waals surface area contributed by atoms with Crippen LogP contribution in [0.15, 0.2) is 30.3 Å². The molecule has 0 aliphatic carbocycles. The third-order valence-electron chi connectivity index (χ3n) is 4.58. The molecule has 0 saturated carbocycles. The summed E-state index contributed by atoms with van der Waals surface area (Å²) in [6, 6.07) is 9.72. The van der Waals surface area contributed by atoms with Crippen molar-refractivity contribution in [1.29, 1.82) is 0 Å². The Labute approximate surface area is 143 Å². The highest BCUT2D eigenvalue weighted by molar-refractivity contribution is 5.78. The fourth-order valence-corrected chi connectivity index (χ4v) is 3.13. The number of piperidine rings is 1. The Morgan fingerprint density at radius 3 is 2.54 bits per heavy atom. The summed E-state index contributed by atoms with van der Waals surface area (Å²) >= 11 is 0. The molecule has 3 rings (SSSR count). The Balaban J connectivity index is 1.35. The second-order valence-electron chi connectivity index (χ2n) is 6.39. The highest BCUT2D eigenvalue weighted by Crippen LogP contribution is 2.31. The van der Waals surface area contributed by atoms with Gasteiger partial charge >= 0.3 is 0 Å². The summed E-state index contributed by atoms with van der Waals surface area (Å²) in [7, 11) is 1.95. The summed E-state index contributed by atoms with van der Waals surface area (Å²) in [5.41, 5.74) is 0. The molecule has 1 aromatic rings. The highest BCUT2D eigenvalue weighted by atomic mass is 16.7. The minimum atomic E-state index is -0.424. The van der Waals surface area contributed by atoms with Crippen LogP contribution in [0.25, 0.3) is 0 Å². The van der Waals surface area contributed by atoms with Crippen LogP contribution in [0.4, 0.5) is 0 Å². The fraction of sp³-hybridized carbons (Fsp3) is 0.611. The van der Waals surface area contributed by atoms with Gasteiger partial charge in [0.2, 0.25) is 5.91 Å². The molecule has 2 saturated heterocycles. The minimum Gasteiger partial charge on any atom is -0.492 e. The van der Waals surface area contributed by atoms with Crippen LogP contribution < -0.4 is 4.74 Å². The monoisotopic (exact) mass is 334 g/mol. The maximum Gasteiger partial charge on any atom is 0.236 e. The molecule has 1 aromatic carbocycles. The van der Waals surface area contributed by atoms with Gasteiger partial charge in [-0.3, -0.25) is 9.69 Å². The van der Waals surface area contributed by atoms with Gasteiger partial charge in [0, 0.05) is 32.5 Å². The zero-order valence-corrected chi connectivity index (χ0v) is 14.3. The molecule has 0 bridgehead atoms. The van der Waals surface area contributed by atoms with E-state index in [-0.39, 0.29) is 5.91 Å². The Bertz CT molecular complexity index is 521. The topological polar surface area (TPSA) is 51.2 Å². The molecule has 6 heteroatoms. The molecule has 1 amide bonds. The van der Waals surface area contributed by atoms with E-state index in [1.807, 2.05) is 47.2 Å². The second-order valence-corrected chi connectivity index (χ2v) is 6.39. The van der Waals surface area contributed by atoms with Gasteiger partial charge in [0.05, 0.1) is 19.8 Å². The molecule has 0 aromatic heterocycles. The number of ether oxygens (including phenoxy) is 3. The third-order valence-corrected chi connectivity index (χ3v) is 4.58. The zero-order chi connectivity index (χ0) is 16.8. The van der Waals surface area contributed by atoms with Crippen molar-refractivity contribution in [1.82, 2.24) is 9.80 Å². The lowest BCUT2D eigenvalue weighted by Gasteiger charge is -2.38. The molecule has 2 aliphatic rings. The van der Waals surface area contributed by atoms with Gasteiger partial charge in [-0.15, -0.1) is 0 Å². The molecule has 132 valence electrons. The van der Waals surface area contributed by atoms with Crippen molar-refractivity contribution < 1.29 is 19.0 Å². The summed E-state index contributed by atoms with van der Waals surface area (Å²) in [5, 5.41) is 0. The quantitative estimate of drug-likeness (QED) is 0.786. The average molecular weight is 334 g/mol. The number of hydrogen-bond donors (Lipinski definition) is 0. The number of para-hydroxylation sites is 1. The molecule has 2 fully saturated rings. The molecule has 2 aliphatic heterocycles. The molecular formula is C18H26N2O4. The van der Waals surface area contributed by atoms with Crippen LogP contribution in [-0.4, -0.2) is 74.5 Å². The Morgan fingerprint density at radius 2 is 1.88 bits per heavy atom. The van der Waals surface area contributed by atoms with E-state index in [9.17, 15) is 4.79 Å². The van der Waals surface area contributed by atoms with E-state index in [0.29, 0.717) is 46.0 Å². The van der Waals surface area contributed by atoms with Crippen molar-refractivity contribution >= 4 is 5.91 Å². The summed E-state index contributed by atoms with van der Waals surface area (Å²) < 4.78 is 17.1. The summed E-state index contributed by atoms with van der Waals surface area (Å²) in [6.45, 7) is 4.42. The lowest BCUT2D eigenvalue weighted by atomic mass is 10.0. The number of nitrogens with zero attached hydrogens (tertiary/aromatic N) is 2. The molecular weight excluding hydrogens is 308 g/mol. The molecule has 0 atom stereocenters. The first-order chi connectivity index (χ1) is 11.7. The van der Waals surface area contributed by atoms with Crippen molar-refractivity contribution in [3.8, 4) is 5.75 Å². The van der Waals surface area contributed by atoms with Gasteiger partial charge in [-0.1, -0.05) is 18.2 Å². The standard InChI is InChI=1S/C18H26N2O4/c1-19(11-12-22-16-5-3-2-4-6-16)15-17(21)20-9-7-18(8-10-20)23-13-14-24-18/h2-6H,7-15H2,1H3. The maximum absolute atomic E-state index is 12.4. The predicted octanol–water partition coefficient (Wildman–Crippen LogP) is 1.36. The smallest absolute Gasteiger partial charge is 0.236 e. The largest absolute Gasteiger partial charge is 0.492 e. The van der Waals surface area contributed by atoms with Gasteiger partial charge in [-0.25, -0.2) is 0 Å². The van der Waals surface area contributed by atoms with Gasteiger partial charge < -0.3 is 19.1 Å². The van der Waals surface area contributed by atoms with Gasteiger partial charge in [0.15, 0.2) is 5.79 Å². The first kappa shape index (κ1) is 17.2. The Morgan fingerprint density at radius 1 is 1.21 bits per heavy atom. The van der Waals surface area contributed by atoms with Crippen molar-refractivity contribution in [3.05, 3.63) is 30.3 Å². The summed E-state index contributed by atoms with van der Waals surface area (Å²) in [4.78, 5) is 16.3. The zero-order valence-electron chi connectivity index (χ0n) is 14.3. The van der Waals surface area contributed by atoms with E-state index < -0.39 is 5.79 Å². The Kier molecular flexibility index (Phi) is 5.71. The van der Waals surface area contributed by atoms with Crippen molar-refractivity contribution in [3.63, 3.8) is 0 Å².